The number of benzene rings is 1. The van der Waals surface area contributed by atoms with Gasteiger partial charge in [-0.15, -0.1) is 0 Å². The van der Waals surface area contributed by atoms with E-state index in [0.717, 1.165) is 0 Å². The maximum absolute atomic E-state index is 12.2. The van der Waals surface area contributed by atoms with Crippen LogP contribution in [0.2, 0.25) is 5.02 Å². The molecule has 3 N–H and O–H groups in total. The molecule has 0 amide bonds. The highest BCUT2D eigenvalue weighted by Gasteiger charge is 2.27. The van der Waals surface area contributed by atoms with Crippen LogP contribution in [0.1, 0.15) is 12.0 Å². The first kappa shape index (κ1) is 17.0. The van der Waals surface area contributed by atoms with E-state index in [2.05, 4.69) is 20.7 Å². The fraction of sp³-hybridized carbons (Fsp3) is 0.417. The Bertz CT molecular complexity index is 654. The van der Waals surface area contributed by atoms with Crippen molar-refractivity contribution in [3.05, 3.63) is 33.3 Å². The first-order chi connectivity index (χ1) is 9.77. The molecule has 116 valence electrons. The van der Waals surface area contributed by atoms with Crippen molar-refractivity contribution in [1.29, 1.82) is 0 Å². The molecule has 1 saturated heterocycles. The standard InChI is InChI=1S/C12H15BrClN3O2S2/c13-11-5-9(14)2-1-8(11)7-21(18,19)16-10-3-4-17(6-10)12(15)20/h1-2,5,10,16H,3-4,6-7H2,(H2,15,20)/t10-/m0/s1. The summed E-state index contributed by atoms with van der Waals surface area (Å²) in [4.78, 5) is 1.79. The van der Waals surface area contributed by atoms with Crippen molar-refractivity contribution in [3.8, 4) is 0 Å². The van der Waals surface area contributed by atoms with Crippen LogP contribution in [-0.2, 0) is 15.8 Å². The van der Waals surface area contributed by atoms with Crippen molar-refractivity contribution in [3.63, 3.8) is 0 Å². The van der Waals surface area contributed by atoms with Crippen molar-refractivity contribution < 1.29 is 8.42 Å². The van der Waals surface area contributed by atoms with Gasteiger partial charge in [0.1, 0.15) is 0 Å². The fourth-order valence-electron chi connectivity index (χ4n) is 2.20. The molecule has 9 heteroatoms. The van der Waals surface area contributed by atoms with Gasteiger partial charge in [0.05, 0.1) is 5.75 Å². The van der Waals surface area contributed by atoms with E-state index in [-0.39, 0.29) is 11.8 Å². The number of thiocarbonyl (C=S) groups is 1. The molecule has 1 aliphatic heterocycles. The van der Waals surface area contributed by atoms with E-state index in [9.17, 15) is 8.42 Å². The number of halogens is 2. The molecule has 2 rings (SSSR count). The number of nitrogens with two attached hydrogens (primary N) is 1. The van der Waals surface area contributed by atoms with E-state index in [1.165, 1.54) is 0 Å². The van der Waals surface area contributed by atoms with Crippen molar-refractivity contribution in [2.45, 2.75) is 18.2 Å². The SMILES string of the molecule is NC(=S)N1CC[C@H](NS(=O)(=O)Cc2ccc(Cl)cc2Br)C1. The number of hydrogen-bond donors (Lipinski definition) is 2. The third-order valence-electron chi connectivity index (χ3n) is 3.21. The van der Waals surface area contributed by atoms with Crippen LogP contribution in [0.3, 0.4) is 0 Å². The van der Waals surface area contributed by atoms with E-state index in [0.29, 0.717) is 39.7 Å². The maximum atomic E-state index is 12.2. The largest absolute Gasteiger partial charge is 0.376 e. The molecule has 21 heavy (non-hydrogen) atoms. The van der Waals surface area contributed by atoms with E-state index in [4.69, 9.17) is 29.6 Å². The molecule has 1 fully saturated rings. The molecule has 0 radical (unpaired) electrons. The molecule has 0 saturated carbocycles. The van der Waals surface area contributed by atoms with Gasteiger partial charge in [0.25, 0.3) is 0 Å². The van der Waals surface area contributed by atoms with Crippen molar-refractivity contribution >= 4 is 54.9 Å². The summed E-state index contributed by atoms with van der Waals surface area (Å²) in [7, 11) is -3.44. The quantitative estimate of drug-likeness (QED) is 0.738. The first-order valence-electron chi connectivity index (χ1n) is 6.25. The zero-order chi connectivity index (χ0) is 15.6. The Balaban J connectivity index is 2.01. The lowest BCUT2D eigenvalue weighted by atomic mass is 10.2. The lowest BCUT2D eigenvalue weighted by Crippen LogP contribution is -2.40. The second-order valence-electron chi connectivity index (χ2n) is 4.88. The van der Waals surface area contributed by atoms with Crippen LogP contribution in [0, 0.1) is 0 Å². The Hall–Kier alpha value is -0.410. The highest BCUT2D eigenvalue weighted by molar-refractivity contribution is 9.10. The average molecular weight is 413 g/mol. The minimum atomic E-state index is -3.44. The summed E-state index contributed by atoms with van der Waals surface area (Å²) >= 11 is 14.1. The fourth-order valence-corrected chi connectivity index (χ4v) is 4.81. The van der Waals surface area contributed by atoms with Crippen LogP contribution in [0.4, 0.5) is 0 Å². The Morgan fingerprint density at radius 1 is 1.57 bits per heavy atom. The highest BCUT2D eigenvalue weighted by Crippen LogP contribution is 2.23. The zero-order valence-electron chi connectivity index (χ0n) is 11.1. The van der Waals surface area contributed by atoms with Crippen molar-refractivity contribution in [2.24, 2.45) is 5.73 Å². The molecule has 1 aliphatic rings. The molecule has 1 aromatic rings. The number of likely N-dealkylation sites (tertiary alicyclic amines) is 1. The Morgan fingerprint density at radius 3 is 2.86 bits per heavy atom. The molecule has 1 aromatic carbocycles. The van der Waals surface area contributed by atoms with Gasteiger partial charge in [-0.2, -0.15) is 0 Å². The number of rotatable bonds is 4. The number of sulfonamides is 1. The second-order valence-corrected chi connectivity index (χ2v) is 8.35. The third kappa shape index (κ3) is 4.79. The van der Waals surface area contributed by atoms with Gasteiger partial charge in [-0.05, 0) is 36.3 Å². The molecule has 0 unspecified atom stereocenters. The summed E-state index contributed by atoms with van der Waals surface area (Å²) in [5, 5.41) is 0.857. The van der Waals surface area contributed by atoms with E-state index >= 15 is 0 Å². The van der Waals surface area contributed by atoms with E-state index in [1.807, 2.05) is 0 Å². The normalized spacial score (nSPS) is 19.0. The lowest BCUT2D eigenvalue weighted by molar-refractivity contribution is 0.500. The number of hydrogen-bond acceptors (Lipinski definition) is 3. The van der Waals surface area contributed by atoms with Crippen molar-refractivity contribution in [1.82, 2.24) is 9.62 Å². The zero-order valence-corrected chi connectivity index (χ0v) is 15.0. The average Bonchev–Trinajstić information content (AvgIpc) is 2.80. The van der Waals surface area contributed by atoms with E-state index in [1.54, 1.807) is 23.1 Å². The third-order valence-corrected chi connectivity index (χ3v) is 5.82. The maximum Gasteiger partial charge on any atom is 0.216 e. The Morgan fingerprint density at radius 2 is 2.29 bits per heavy atom. The minimum Gasteiger partial charge on any atom is -0.376 e. The van der Waals surface area contributed by atoms with Gasteiger partial charge >= 0.3 is 0 Å². The van der Waals surface area contributed by atoms with Gasteiger partial charge in [-0.1, -0.05) is 33.6 Å². The second kappa shape index (κ2) is 6.78. The van der Waals surface area contributed by atoms with Gasteiger partial charge in [-0.3, -0.25) is 0 Å². The topological polar surface area (TPSA) is 75.4 Å². The molecular formula is C12H15BrClN3O2S2. The molecule has 0 spiro atoms. The van der Waals surface area contributed by atoms with Gasteiger partial charge in [0, 0.05) is 28.6 Å². The Labute approximate surface area is 143 Å². The van der Waals surface area contributed by atoms with Gasteiger partial charge in [-0.25, -0.2) is 13.1 Å². The minimum absolute atomic E-state index is 0.103. The van der Waals surface area contributed by atoms with Crippen LogP contribution < -0.4 is 10.5 Å². The smallest absolute Gasteiger partial charge is 0.216 e. The summed E-state index contributed by atoms with van der Waals surface area (Å²) in [6.07, 6.45) is 0.693. The summed E-state index contributed by atoms with van der Waals surface area (Å²) in [5.41, 5.74) is 6.21. The summed E-state index contributed by atoms with van der Waals surface area (Å²) in [5.74, 6) is -0.103. The summed E-state index contributed by atoms with van der Waals surface area (Å²) in [6.45, 7) is 1.18. The lowest BCUT2D eigenvalue weighted by Gasteiger charge is -2.17. The molecule has 0 aromatic heterocycles. The van der Waals surface area contributed by atoms with Crippen LogP contribution in [-0.4, -0.2) is 37.6 Å². The molecule has 0 aliphatic carbocycles. The Kier molecular flexibility index (Phi) is 5.48. The van der Waals surface area contributed by atoms with Gasteiger partial charge in [0.15, 0.2) is 5.11 Å². The monoisotopic (exact) mass is 411 g/mol. The molecular weight excluding hydrogens is 398 g/mol. The first-order valence-corrected chi connectivity index (χ1v) is 9.48. The van der Waals surface area contributed by atoms with Crippen LogP contribution >= 0.6 is 39.7 Å². The van der Waals surface area contributed by atoms with Gasteiger partial charge < -0.3 is 10.6 Å². The highest BCUT2D eigenvalue weighted by atomic mass is 79.9. The molecule has 5 nitrogen and oxygen atoms in total. The van der Waals surface area contributed by atoms with E-state index < -0.39 is 10.0 Å². The van der Waals surface area contributed by atoms with Crippen molar-refractivity contribution in [2.75, 3.05) is 13.1 Å². The predicted octanol–water partition coefficient (Wildman–Crippen LogP) is 1.84. The van der Waals surface area contributed by atoms with Gasteiger partial charge in [0.2, 0.25) is 10.0 Å². The number of nitrogens with zero attached hydrogens (tertiary/aromatic N) is 1. The molecule has 0 bridgehead atoms. The molecule has 1 heterocycles. The van der Waals surface area contributed by atoms with Crippen LogP contribution in [0.15, 0.2) is 22.7 Å². The molecule has 1 atom stereocenters. The summed E-state index contributed by atoms with van der Waals surface area (Å²) < 4.78 is 27.8. The van der Waals surface area contributed by atoms with Crippen LogP contribution in [0.25, 0.3) is 0 Å². The van der Waals surface area contributed by atoms with Crippen LogP contribution in [0.5, 0.6) is 0 Å². The predicted molar refractivity (Wildman–Crippen MR) is 91.7 cm³/mol. The number of nitrogens with one attached hydrogen (secondary N) is 1. The summed E-state index contributed by atoms with van der Waals surface area (Å²) in [6, 6.07) is 4.88.